The van der Waals surface area contributed by atoms with Crippen LogP contribution in [0.4, 0.5) is 5.69 Å². The summed E-state index contributed by atoms with van der Waals surface area (Å²) in [5.41, 5.74) is 2.90. The van der Waals surface area contributed by atoms with E-state index in [9.17, 15) is 4.79 Å². The van der Waals surface area contributed by atoms with E-state index < -0.39 is 0 Å². The summed E-state index contributed by atoms with van der Waals surface area (Å²) in [6.07, 6.45) is 2.39. The van der Waals surface area contributed by atoms with E-state index in [2.05, 4.69) is 32.6 Å². The normalized spacial score (nSPS) is 13.7. The maximum absolute atomic E-state index is 12.3. The maximum Gasteiger partial charge on any atom is 0.238 e. The second kappa shape index (κ2) is 7.72. The molecule has 1 fully saturated rings. The lowest BCUT2D eigenvalue weighted by atomic mass is 10.2. The van der Waals surface area contributed by atoms with Gasteiger partial charge in [-0.3, -0.25) is 14.8 Å². The molecule has 0 atom stereocenters. The topological polar surface area (TPSA) is 73.9 Å². The molecule has 6 nitrogen and oxygen atoms in total. The summed E-state index contributed by atoms with van der Waals surface area (Å²) >= 11 is 0. The van der Waals surface area contributed by atoms with Crippen molar-refractivity contribution < 1.29 is 4.79 Å². The number of carbonyl (C=O) groups excluding carboxylic acids is 1. The van der Waals surface area contributed by atoms with Crippen LogP contribution in [0.15, 0.2) is 54.6 Å². The number of nitrogens with one attached hydrogen (secondary N) is 2. The highest BCUT2D eigenvalue weighted by molar-refractivity contribution is 5.92. The monoisotopic (exact) mass is 361 g/mol. The molecule has 1 aliphatic rings. The second-order valence-electron chi connectivity index (χ2n) is 7.10. The summed E-state index contributed by atoms with van der Waals surface area (Å²) in [6.45, 7) is 1.07. The van der Waals surface area contributed by atoms with Crippen LogP contribution in [0.5, 0.6) is 0 Å². The summed E-state index contributed by atoms with van der Waals surface area (Å²) in [5, 5.41) is 10.2. The molecule has 1 aromatic heterocycles. The number of amides is 1. The number of aromatic amines is 1. The largest absolute Gasteiger partial charge is 0.325 e. The van der Waals surface area contributed by atoms with Crippen molar-refractivity contribution in [2.75, 3.05) is 18.9 Å². The molecule has 27 heavy (non-hydrogen) atoms. The van der Waals surface area contributed by atoms with Crippen LogP contribution in [-0.4, -0.2) is 39.6 Å². The number of anilines is 1. The molecule has 4 rings (SSSR count). The quantitative estimate of drug-likeness (QED) is 0.676. The Bertz CT molecular complexity index is 900. The third kappa shape index (κ3) is 4.60. The van der Waals surface area contributed by atoms with Gasteiger partial charge in [-0.25, -0.2) is 4.98 Å². The molecule has 6 heteroatoms. The van der Waals surface area contributed by atoms with Crippen molar-refractivity contribution in [3.05, 3.63) is 66.0 Å². The maximum atomic E-state index is 12.3. The smallest absolute Gasteiger partial charge is 0.238 e. The Morgan fingerprint density at radius 1 is 1.15 bits per heavy atom. The molecule has 0 spiro atoms. The van der Waals surface area contributed by atoms with Crippen LogP contribution in [0.2, 0.25) is 0 Å². The van der Waals surface area contributed by atoms with Crippen LogP contribution in [-0.2, 0) is 11.3 Å². The number of H-pyrrole nitrogens is 1. The molecular formula is C21H23N5O. The fourth-order valence-corrected chi connectivity index (χ4v) is 3.04. The van der Waals surface area contributed by atoms with Crippen LogP contribution < -0.4 is 5.32 Å². The van der Waals surface area contributed by atoms with Crippen LogP contribution >= 0.6 is 0 Å². The van der Waals surface area contributed by atoms with Gasteiger partial charge in [-0.15, -0.1) is 0 Å². The Labute approximate surface area is 158 Å². The van der Waals surface area contributed by atoms with Crippen molar-refractivity contribution in [1.82, 2.24) is 20.1 Å². The van der Waals surface area contributed by atoms with Gasteiger partial charge in [0.1, 0.15) is 5.82 Å². The van der Waals surface area contributed by atoms with E-state index in [1.165, 1.54) is 18.4 Å². The Hall–Kier alpha value is -2.99. The molecule has 0 saturated heterocycles. The van der Waals surface area contributed by atoms with E-state index in [0.29, 0.717) is 18.3 Å². The zero-order chi connectivity index (χ0) is 18.6. The SMILES string of the molecule is CN(CC(=O)Nc1ccc(-c2n[nH]c(C3CC3)n2)cc1)Cc1ccccc1. The number of likely N-dealkylation sites (N-methyl/N-ethyl adjacent to an activating group) is 1. The van der Waals surface area contributed by atoms with Gasteiger partial charge in [0.05, 0.1) is 6.54 Å². The van der Waals surface area contributed by atoms with Crippen LogP contribution in [0, 0.1) is 0 Å². The number of hydrogen-bond donors (Lipinski definition) is 2. The number of carbonyl (C=O) groups is 1. The molecule has 138 valence electrons. The average Bonchev–Trinajstić information content (AvgIpc) is 3.40. The van der Waals surface area contributed by atoms with Crippen molar-refractivity contribution in [2.24, 2.45) is 0 Å². The van der Waals surface area contributed by atoms with Gasteiger partial charge < -0.3 is 5.32 Å². The third-order valence-corrected chi connectivity index (χ3v) is 4.60. The minimum Gasteiger partial charge on any atom is -0.325 e. The molecule has 0 radical (unpaired) electrons. The second-order valence-corrected chi connectivity index (χ2v) is 7.10. The van der Waals surface area contributed by atoms with E-state index in [1.54, 1.807) is 0 Å². The van der Waals surface area contributed by atoms with Gasteiger partial charge in [-0.1, -0.05) is 30.3 Å². The molecule has 1 saturated carbocycles. The molecule has 1 aliphatic carbocycles. The van der Waals surface area contributed by atoms with Gasteiger partial charge >= 0.3 is 0 Å². The molecule has 2 aromatic carbocycles. The van der Waals surface area contributed by atoms with Gasteiger partial charge in [0.2, 0.25) is 5.91 Å². The summed E-state index contributed by atoms with van der Waals surface area (Å²) in [7, 11) is 1.94. The summed E-state index contributed by atoms with van der Waals surface area (Å²) in [6, 6.07) is 17.8. The zero-order valence-electron chi connectivity index (χ0n) is 15.4. The highest BCUT2D eigenvalue weighted by Crippen LogP contribution is 2.38. The number of rotatable bonds is 7. The molecule has 1 heterocycles. The molecule has 0 bridgehead atoms. The Balaban J connectivity index is 1.31. The fraction of sp³-hybridized carbons (Fsp3) is 0.286. The number of nitrogens with zero attached hydrogens (tertiary/aromatic N) is 3. The number of benzene rings is 2. The molecule has 2 N–H and O–H groups in total. The molecule has 0 aliphatic heterocycles. The molecule has 0 unspecified atom stereocenters. The van der Waals surface area contributed by atoms with E-state index in [-0.39, 0.29) is 5.91 Å². The zero-order valence-corrected chi connectivity index (χ0v) is 15.4. The van der Waals surface area contributed by atoms with Crippen molar-refractivity contribution in [3.8, 4) is 11.4 Å². The first-order valence-electron chi connectivity index (χ1n) is 9.22. The fourth-order valence-electron chi connectivity index (χ4n) is 3.04. The summed E-state index contributed by atoms with van der Waals surface area (Å²) < 4.78 is 0. The first-order chi connectivity index (χ1) is 13.2. The highest BCUT2D eigenvalue weighted by atomic mass is 16.2. The van der Waals surface area contributed by atoms with Gasteiger partial charge in [-0.05, 0) is 49.7 Å². The predicted molar refractivity (Wildman–Crippen MR) is 105 cm³/mol. The highest BCUT2D eigenvalue weighted by Gasteiger charge is 2.27. The summed E-state index contributed by atoms with van der Waals surface area (Å²) in [4.78, 5) is 18.8. The van der Waals surface area contributed by atoms with Crippen molar-refractivity contribution in [2.45, 2.75) is 25.3 Å². The van der Waals surface area contributed by atoms with Gasteiger partial charge in [0, 0.05) is 23.7 Å². The minimum absolute atomic E-state index is 0.0323. The number of hydrogen-bond acceptors (Lipinski definition) is 4. The molecule has 3 aromatic rings. The van der Waals surface area contributed by atoms with Crippen LogP contribution in [0.1, 0.15) is 30.1 Å². The third-order valence-electron chi connectivity index (χ3n) is 4.60. The Morgan fingerprint density at radius 2 is 1.89 bits per heavy atom. The van der Waals surface area contributed by atoms with E-state index in [1.807, 2.05) is 54.4 Å². The van der Waals surface area contributed by atoms with Gasteiger partial charge in [0.25, 0.3) is 0 Å². The van der Waals surface area contributed by atoms with Gasteiger partial charge in [0.15, 0.2) is 5.82 Å². The first-order valence-corrected chi connectivity index (χ1v) is 9.22. The van der Waals surface area contributed by atoms with Crippen LogP contribution in [0.25, 0.3) is 11.4 Å². The first kappa shape index (κ1) is 17.4. The van der Waals surface area contributed by atoms with Crippen molar-refractivity contribution >= 4 is 11.6 Å². The molecular weight excluding hydrogens is 338 g/mol. The predicted octanol–water partition coefficient (Wildman–Crippen LogP) is 3.42. The van der Waals surface area contributed by atoms with E-state index in [0.717, 1.165) is 23.6 Å². The Morgan fingerprint density at radius 3 is 2.59 bits per heavy atom. The van der Waals surface area contributed by atoms with Crippen molar-refractivity contribution in [1.29, 1.82) is 0 Å². The van der Waals surface area contributed by atoms with Crippen molar-refractivity contribution in [3.63, 3.8) is 0 Å². The Kier molecular flexibility index (Phi) is 4.98. The molecule has 1 amide bonds. The van der Waals surface area contributed by atoms with E-state index in [4.69, 9.17) is 0 Å². The van der Waals surface area contributed by atoms with Gasteiger partial charge in [-0.2, -0.15) is 5.10 Å². The van der Waals surface area contributed by atoms with E-state index >= 15 is 0 Å². The standard InChI is InChI=1S/C21H23N5O/c1-26(13-15-5-3-2-4-6-15)14-19(27)22-18-11-9-17(10-12-18)21-23-20(24-25-21)16-7-8-16/h2-6,9-12,16H,7-8,13-14H2,1H3,(H,22,27)(H,23,24,25). The lowest BCUT2D eigenvalue weighted by Crippen LogP contribution is -2.29. The lowest BCUT2D eigenvalue weighted by molar-refractivity contribution is -0.117. The number of aromatic nitrogens is 3. The van der Waals surface area contributed by atoms with Crippen LogP contribution in [0.3, 0.4) is 0 Å². The lowest BCUT2D eigenvalue weighted by Gasteiger charge is -2.16. The summed E-state index contributed by atoms with van der Waals surface area (Å²) in [5.74, 6) is 2.20. The minimum atomic E-state index is -0.0323. The average molecular weight is 361 g/mol.